The highest BCUT2D eigenvalue weighted by Gasteiger charge is 2.25. The molecule has 2 fully saturated rings. The first-order valence-electron chi connectivity index (χ1n) is 10.2. The Morgan fingerprint density at radius 1 is 1.27 bits per heavy atom. The molecule has 1 atom stereocenters. The Morgan fingerprint density at radius 2 is 2.10 bits per heavy atom. The molecule has 11 heteroatoms. The van der Waals surface area contributed by atoms with Crippen molar-refractivity contribution in [3.8, 4) is 0 Å². The Labute approximate surface area is 183 Å². The summed E-state index contributed by atoms with van der Waals surface area (Å²) in [6.45, 7) is 3.44. The van der Waals surface area contributed by atoms with Gasteiger partial charge < -0.3 is 20.7 Å². The number of ether oxygens (including phenoxy) is 1. The number of nitrogens with zero attached hydrogens (tertiary/aromatic N) is 4. The summed E-state index contributed by atoms with van der Waals surface area (Å²) in [5.74, 6) is 0.264. The number of anilines is 2. The van der Waals surface area contributed by atoms with Gasteiger partial charge in [-0.25, -0.2) is 0 Å². The summed E-state index contributed by atoms with van der Waals surface area (Å²) in [6.07, 6.45) is 5.80. The summed E-state index contributed by atoms with van der Waals surface area (Å²) in [5.41, 5.74) is 5.67. The normalized spacial score (nSPS) is 19.2. The second kappa shape index (κ2) is 9.80. The van der Waals surface area contributed by atoms with E-state index in [9.17, 15) is 9.59 Å². The lowest BCUT2D eigenvalue weighted by Gasteiger charge is -2.28. The van der Waals surface area contributed by atoms with Crippen molar-refractivity contribution < 1.29 is 14.3 Å². The average Bonchev–Trinajstić information content (AvgIpc) is 3.49. The maximum absolute atomic E-state index is 12.5. The second-order valence-electron chi connectivity index (χ2n) is 7.44. The minimum atomic E-state index is -0.554. The first-order chi connectivity index (χ1) is 14.6. The summed E-state index contributed by atoms with van der Waals surface area (Å²) >= 11 is 2.62. The molecule has 2 aromatic rings. The Balaban J connectivity index is 1.44. The minimum Gasteiger partial charge on any atom is -0.376 e. The van der Waals surface area contributed by atoms with E-state index < -0.39 is 5.91 Å². The standard InChI is InChI=1S/C19H26N6O3S2/c20-16(27)14-6-10-29-17(14)21-15(26)12-30-19-23-22-18(24-7-2-1-3-8-24)25(19)11-13-5-4-9-28-13/h6,10,13H,1-5,7-9,11-12H2,(H2,20,27)(H,21,26). The number of aromatic nitrogens is 3. The maximum atomic E-state index is 12.5. The highest BCUT2D eigenvalue weighted by molar-refractivity contribution is 7.99. The van der Waals surface area contributed by atoms with E-state index in [0.29, 0.717) is 22.3 Å². The van der Waals surface area contributed by atoms with E-state index >= 15 is 0 Å². The third-order valence-corrected chi connectivity index (χ3v) is 7.06. The Bertz CT molecular complexity index is 887. The van der Waals surface area contributed by atoms with Gasteiger partial charge in [-0.05, 0) is 43.6 Å². The van der Waals surface area contributed by atoms with E-state index in [1.165, 1.54) is 29.5 Å². The lowest BCUT2D eigenvalue weighted by atomic mass is 10.1. The lowest BCUT2D eigenvalue weighted by Crippen LogP contribution is -2.33. The van der Waals surface area contributed by atoms with Gasteiger partial charge in [0.25, 0.3) is 5.91 Å². The SMILES string of the molecule is NC(=O)c1ccsc1NC(=O)CSc1nnc(N2CCCCC2)n1CC1CCCO1. The Kier molecular flexibility index (Phi) is 6.90. The van der Waals surface area contributed by atoms with E-state index in [1.54, 1.807) is 11.4 Å². The Hall–Kier alpha value is -2.11. The zero-order valence-electron chi connectivity index (χ0n) is 16.7. The van der Waals surface area contributed by atoms with Crippen LogP contribution >= 0.6 is 23.1 Å². The molecule has 0 radical (unpaired) electrons. The summed E-state index contributed by atoms with van der Waals surface area (Å²) in [5, 5.41) is 14.5. The van der Waals surface area contributed by atoms with Crippen molar-refractivity contribution in [2.75, 3.05) is 35.7 Å². The molecule has 3 N–H and O–H groups in total. The Morgan fingerprint density at radius 3 is 2.83 bits per heavy atom. The summed E-state index contributed by atoms with van der Waals surface area (Å²) < 4.78 is 7.93. The van der Waals surface area contributed by atoms with Crippen LogP contribution in [0.2, 0.25) is 0 Å². The van der Waals surface area contributed by atoms with Crippen LogP contribution in [0.3, 0.4) is 0 Å². The van der Waals surface area contributed by atoms with Gasteiger partial charge in [0, 0.05) is 19.7 Å². The molecule has 2 aliphatic rings. The highest BCUT2D eigenvalue weighted by atomic mass is 32.2. The number of thiophene rings is 1. The number of carbonyl (C=O) groups is 2. The number of carbonyl (C=O) groups excluding carboxylic acids is 2. The van der Waals surface area contributed by atoms with Crippen molar-refractivity contribution in [1.29, 1.82) is 0 Å². The topological polar surface area (TPSA) is 115 Å². The fourth-order valence-electron chi connectivity index (χ4n) is 3.76. The molecule has 9 nitrogen and oxygen atoms in total. The molecule has 4 rings (SSSR count). The predicted molar refractivity (Wildman–Crippen MR) is 117 cm³/mol. The van der Waals surface area contributed by atoms with Crippen LogP contribution in [-0.2, 0) is 16.1 Å². The molecular formula is C19H26N6O3S2. The van der Waals surface area contributed by atoms with Gasteiger partial charge >= 0.3 is 0 Å². The van der Waals surface area contributed by atoms with Crippen LogP contribution < -0.4 is 16.0 Å². The first kappa shape index (κ1) is 21.1. The van der Waals surface area contributed by atoms with Crippen molar-refractivity contribution in [2.24, 2.45) is 5.73 Å². The maximum Gasteiger partial charge on any atom is 0.251 e. The van der Waals surface area contributed by atoms with Crippen molar-refractivity contribution in [3.63, 3.8) is 0 Å². The minimum absolute atomic E-state index is 0.155. The molecule has 30 heavy (non-hydrogen) atoms. The zero-order valence-corrected chi connectivity index (χ0v) is 18.3. The molecule has 0 spiro atoms. The molecule has 1 unspecified atom stereocenters. The van der Waals surface area contributed by atoms with Crippen LogP contribution in [0.5, 0.6) is 0 Å². The number of piperidine rings is 1. The van der Waals surface area contributed by atoms with Gasteiger partial charge in [-0.3, -0.25) is 14.2 Å². The highest BCUT2D eigenvalue weighted by Crippen LogP contribution is 2.28. The van der Waals surface area contributed by atoms with Crippen LogP contribution in [0.1, 0.15) is 42.5 Å². The quantitative estimate of drug-likeness (QED) is 0.593. The van der Waals surface area contributed by atoms with Gasteiger partial charge in [0.1, 0.15) is 5.00 Å². The fourth-order valence-corrected chi connectivity index (χ4v) is 5.31. The fraction of sp³-hybridized carbons (Fsp3) is 0.579. The molecule has 162 valence electrons. The van der Waals surface area contributed by atoms with Gasteiger partial charge in [0.05, 0.1) is 24.0 Å². The number of amides is 2. The number of nitrogens with one attached hydrogen (secondary N) is 1. The third-order valence-electron chi connectivity index (χ3n) is 5.26. The molecule has 2 amide bonds. The number of hydrogen-bond donors (Lipinski definition) is 2. The van der Waals surface area contributed by atoms with Crippen molar-refractivity contribution in [3.05, 3.63) is 17.0 Å². The molecule has 2 saturated heterocycles. The van der Waals surface area contributed by atoms with Crippen LogP contribution in [0, 0.1) is 0 Å². The van der Waals surface area contributed by atoms with Crippen molar-refractivity contribution >= 4 is 45.9 Å². The third kappa shape index (κ3) is 4.96. The van der Waals surface area contributed by atoms with Crippen LogP contribution in [0.15, 0.2) is 16.6 Å². The molecule has 0 bridgehead atoms. The van der Waals surface area contributed by atoms with E-state index in [1.807, 2.05) is 0 Å². The molecular weight excluding hydrogens is 424 g/mol. The molecule has 0 saturated carbocycles. The molecule has 0 aliphatic carbocycles. The lowest BCUT2D eigenvalue weighted by molar-refractivity contribution is -0.113. The van der Waals surface area contributed by atoms with Gasteiger partial charge in [-0.2, -0.15) is 0 Å². The molecule has 2 aliphatic heterocycles. The zero-order chi connectivity index (χ0) is 20.9. The average molecular weight is 451 g/mol. The van der Waals surface area contributed by atoms with E-state index in [2.05, 4.69) is 25.0 Å². The first-order valence-corrected chi connectivity index (χ1v) is 12.1. The van der Waals surface area contributed by atoms with Crippen molar-refractivity contribution in [1.82, 2.24) is 14.8 Å². The van der Waals surface area contributed by atoms with Crippen LogP contribution in [0.4, 0.5) is 10.9 Å². The van der Waals surface area contributed by atoms with Crippen molar-refractivity contribution in [2.45, 2.75) is 49.9 Å². The van der Waals surface area contributed by atoms with Gasteiger partial charge in [-0.1, -0.05) is 11.8 Å². The summed E-state index contributed by atoms with van der Waals surface area (Å²) in [4.78, 5) is 26.2. The monoisotopic (exact) mass is 450 g/mol. The van der Waals surface area contributed by atoms with Gasteiger partial charge in [0.2, 0.25) is 11.9 Å². The van der Waals surface area contributed by atoms with E-state index in [-0.39, 0.29) is 17.8 Å². The molecule has 4 heterocycles. The number of rotatable bonds is 8. The number of hydrogen-bond acceptors (Lipinski definition) is 8. The van der Waals surface area contributed by atoms with E-state index in [0.717, 1.165) is 51.3 Å². The number of thioether (sulfide) groups is 1. The predicted octanol–water partition coefficient (Wildman–Crippen LogP) is 2.34. The molecule has 2 aromatic heterocycles. The molecule has 0 aromatic carbocycles. The number of primary amides is 1. The number of nitrogens with two attached hydrogens (primary N) is 1. The van der Waals surface area contributed by atoms with E-state index in [4.69, 9.17) is 10.5 Å². The second-order valence-corrected chi connectivity index (χ2v) is 9.30. The summed E-state index contributed by atoms with van der Waals surface area (Å²) in [7, 11) is 0. The van der Waals surface area contributed by atoms with Crippen LogP contribution in [-0.4, -0.2) is 58.1 Å². The van der Waals surface area contributed by atoms with Gasteiger partial charge in [-0.15, -0.1) is 21.5 Å². The van der Waals surface area contributed by atoms with Gasteiger partial charge in [0.15, 0.2) is 5.16 Å². The summed E-state index contributed by atoms with van der Waals surface area (Å²) in [6, 6.07) is 1.61. The smallest absolute Gasteiger partial charge is 0.251 e. The van der Waals surface area contributed by atoms with Crippen LogP contribution in [0.25, 0.3) is 0 Å². The largest absolute Gasteiger partial charge is 0.376 e.